The predicted molar refractivity (Wildman–Crippen MR) is 64.1 cm³/mol. The van der Waals surface area contributed by atoms with E-state index in [2.05, 4.69) is 0 Å². The third-order valence-electron chi connectivity index (χ3n) is 3.36. The summed E-state index contributed by atoms with van der Waals surface area (Å²) in [7, 11) is 1.60. The van der Waals surface area contributed by atoms with Crippen molar-refractivity contribution in [1.29, 1.82) is 0 Å². The van der Waals surface area contributed by atoms with Gasteiger partial charge >= 0.3 is 0 Å². The summed E-state index contributed by atoms with van der Waals surface area (Å²) in [4.78, 5) is 12.1. The second-order valence-electron chi connectivity index (χ2n) is 4.41. The molecule has 0 fully saturated rings. The van der Waals surface area contributed by atoms with Crippen LogP contribution < -0.4 is 0 Å². The molecule has 1 atom stereocenters. The molecule has 0 bridgehead atoms. The van der Waals surface area contributed by atoms with E-state index >= 15 is 0 Å². The Kier molecular flexibility index (Phi) is 2.68. The molecule has 1 aromatic carbocycles. The zero-order valence-corrected chi connectivity index (χ0v) is 9.91. The number of ketones is 1. The summed E-state index contributed by atoms with van der Waals surface area (Å²) in [5, 5.41) is 0. The van der Waals surface area contributed by atoms with Crippen molar-refractivity contribution in [2.75, 3.05) is 7.11 Å². The molecule has 16 heavy (non-hydrogen) atoms. The maximum Gasteiger partial charge on any atom is 0.190 e. The van der Waals surface area contributed by atoms with Crippen LogP contribution in [-0.4, -0.2) is 18.5 Å². The average Bonchev–Trinajstić information content (AvgIpc) is 2.56. The zero-order valence-electron chi connectivity index (χ0n) is 9.91. The van der Waals surface area contributed by atoms with E-state index in [1.165, 1.54) is 0 Å². The van der Waals surface area contributed by atoms with Crippen LogP contribution in [0.3, 0.4) is 0 Å². The van der Waals surface area contributed by atoms with Crippen molar-refractivity contribution >= 4 is 11.4 Å². The molecule has 0 aromatic heterocycles. The molecule has 0 spiro atoms. The van der Waals surface area contributed by atoms with E-state index in [1.54, 1.807) is 7.11 Å². The number of Topliss-reactive ketones (excluding diaryl/α,β-unsaturated/α-hetero) is 1. The number of hydrogen-bond acceptors (Lipinski definition) is 2. The van der Waals surface area contributed by atoms with Crippen molar-refractivity contribution in [3.05, 3.63) is 41.5 Å². The molecule has 2 heteroatoms. The fraction of sp³-hybridized carbons (Fsp3) is 0.357. The minimum Gasteiger partial charge on any atom is -0.370 e. The molecule has 1 aliphatic carbocycles. The number of ether oxygens (including phenoxy) is 1. The fourth-order valence-corrected chi connectivity index (χ4v) is 2.21. The van der Waals surface area contributed by atoms with Crippen LogP contribution >= 0.6 is 0 Å². The van der Waals surface area contributed by atoms with E-state index in [1.807, 2.05) is 44.2 Å². The SMILES string of the molecule is COC1(C)CC(c2ccccc2)=C(C)C1=O. The lowest BCUT2D eigenvalue weighted by atomic mass is 9.98. The van der Waals surface area contributed by atoms with Crippen molar-refractivity contribution in [2.24, 2.45) is 0 Å². The average molecular weight is 216 g/mol. The van der Waals surface area contributed by atoms with Gasteiger partial charge in [-0.25, -0.2) is 0 Å². The molecule has 1 aromatic rings. The van der Waals surface area contributed by atoms with Crippen molar-refractivity contribution in [1.82, 2.24) is 0 Å². The largest absolute Gasteiger partial charge is 0.370 e. The van der Waals surface area contributed by atoms with Gasteiger partial charge in [-0.2, -0.15) is 0 Å². The fourth-order valence-electron chi connectivity index (χ4n) is 2.21. The normalized spacial score (nSPS) is 25.3. The molecule has 0 heterocycles. The first-order valence-electron chi connectivity index (χ1n) is 5.43. The van der Waals surface area contributed by atoms with Gasteiger partial charge in [0.25, 0.3) is 0 Å². The first-order valence-corrected chi connectivity index (χ1v) is 5.43. The number of hydrogen-bond donors (Lipinski definition) is 0. The Morgan fingerprint density at radius 3 is 2.38 bits per heavy atom. The molecule has 0 saturated carbocycles. The van der Waals surface area contributed by atoms with Crippen LogP contribution in [0, 0.1) is 0 Å². The molecule has 0 saturated heterocycles. The molecule has 2 rings (SSSR count). The Labute approximate surface area is 95.9 Å². The van der Waals surface area contributed by atoms with Crippen LogP contribution in [0.15, 0.2) is 35.9 Å². The molecule has 2 nitrogen and oxygen atoms in total. The number of benzene rings is 1. The smallest absolute Gasteiger partial charge is 0.190 e. The van der Waals surface area contributed by atoms with E-state index in [-0.39, 0.29) is 5.78 Å². The highest BCUT2D eigenvalue weighted by Gasteiger charge is 2.41. The van der Waals surface area contributed by atoms with Crippen LogP contribution in [0.4, 0.5) is 0 Å². The summed E-state index contributed by atoms with van der Waals surface area (Å²) < 4.78 is 5.34. The van der Waals surface area contributed by atoms with Gasteiger partial charge in [0.05, 0.1) is 0 Å². The summed E-state index contributed by atoms with van der Waals surface area (Å²) >= 11 is 0. The first kappa shape index (κ1) is 11.1. The highest BCUT2D eigenvalue weighted by molar-refractivity contribution is 6.12. The maximum absolute atomic E-state index is 12.1. The van der Waals surface area contributed by atoms with Gasteiger partial charge in [0.2, 0.25) is 0 Å². The van der Waals surface area contributed by atoms with Gasteiger partial charge in [0.1, 0.15) is 5.60 Å². The molecule has 84 valence electrons. The van der Waals surface area contributed by atoms with Crippen LogP contribution in [0.5, 0.6) is 0 Å². The van der Waals surface area contributed by atoms with Crippen molar-refractivity contribution < 1.29 is 9.53 Å². The Bertz CT molecular complexity index is 445. The quantitative estimate of drug-likeness (QED) is 0.759. The third-order valence-corrected chi connectivity index (χ3v) is 3.36. The predicted octanol–water partition coefficient (Wildman–Crippen LogP) is 2.84. The van der Waals surface area contributed by atoms with Gasteiger partial charge in [0.15, 0.2) is 5.78 Å². The maximum atomic E-state index is 12.1. The van der Waals surface area contributed by atoms with Crippen LogP contribution in [-0.2, 0) is 9.53 Å². The summed E-state index contributed by atoms with van der Waals surface area (Å²) in [6.07, 6.45) is 0.665. The lowest BCUT2D eigenvalue weighted by Crippen LogP contribution is -2.33. The second kappa shape index (κ2) is 3.87. The summed E-state index contributed by atoms with van der Waals surface area (Å²) in [5.41, 5.74) is 2.38. The minimum atomic E-state index is -0.671. The van der Waals surface area contributed by atoms with Gasteiger partial charge in [-0.1, -0.05) is 30.3 Å². The highest BCUT2D eigenvalue weighted by Crippen LogP contribution is 2.39. The van der Waals surface area contributed by atoms with Gasteiger partial charge in [-0.05, 0) is 30.6 Å². The molecule has 0 N–H and O–H groups in total. The zero-order chi connectivity index (χ0) is 11.8. The lowest BCUT2D eigenvalue weighted by Gasteiger charge is -2.20. The van der Waals surface area contributed by atoms with Crippen molar-refractivity contribution in [2.45, 2.75) is 25.9 Å². The lowest BCUT2D eigenvalue weighted by molar-refractivity contribution is -0.132. The Hall–Kier alpha value is -1.41. The molecule has 0 radical (unpaired) electrons. The number of methoxy groups -OCH3 is 1. The van der Waals surface area contributed by atoms with E-state index in [0.717, 1.165) is 16.7 Å². The van der Waals surface area contributed by atoms with E-state index in [4.69, 9.17) is 4.74 Å². The van der Waals surface area contributed by atoms with Crippen molar-refractivity contribution in [3.8, 4) is 0 Å². The standard InChI is InChI=1S/C14H16O2/c1-10-12(11-7-5-4-6-8-11)9-14(2,16-3)13(10)15/h4-8H,9H2,1-3H3. The minimum absolute atomic E-state index is 0.105. The van der Waals surface area contributed by atoms with Crippen molar-refractivity contribution in [3.63, 3.8) is 0 Å². The van der Waals surface area contributed by atoms with Crippen LogP contribution in [0.25, 0.3) is 5.57 Å². The van der Waals surface area contributed by atoms with Gasteiger partial charge in [-0.3, -0.25) is 4.79 Å². The molecule has 1 unspecified atom stereocenters. The van der Waals surface area contributed by atoms with Gasteiger partial charge in [-0.15, -0.1) is 0 Å². The van der Waals surface area contributed by atoms with E-state index < -0.39 is 5.60 Å². The molecule has 1 aliphatic rings. The third kappa shape index (κ3) is 1.59. The number of rotatable bonds is 2. The first-order chi connectivity index (χ1) is 7.58. The number of carbonyl (C=O) groups excluding carboxylic acids is 1. The summed E-state index contributed by atoms with van der Waals surface area (Å²) in [5.74, 6) is 0.105. The topological polar surface area (TPSA) is 26.3 Å². The van der Waals surface area contributed by atoms with Crippen LogP contribution in [0.2, 0.25) is 0 Å². The second-order valence-corrected chi connectivity index (χ2v) is 4.41. The van der Waals surface area contributed by atoms with Gasteiger partial charge in [0, 0.05) is 13.5 Å². The molecule has 0 aliphatic heterocycles. The Morgan fingerprint density at radius 2 is 1.88 bits per heavy atom. The van der Waals surface area contributed by atoms with E-state index in [9.17, 15) is 4.79 Å². The Morgan fingerprint density at radius 1 is 1.25 bits per heavy atom. The highest BCUT2D eigenvalue weighted by atomic mass is 16.5. The summed E-state index contributed by atoms with van der Waals surface area (Å²) in [6, 6.07) is 10.0. The molecule has 0 amide bonds. The number of carbonyl (C=O) groups is 1. The van der Waals surface area contributed by atoms with Crippen LogP contribution in [0.1, 0.15) is 25.8 Å². The Balaban J connectivity index is 2.42. The molecular weight excluding hydrogens is 200 g/mol. The summed E-state index contributed by atoms with van der Waals surface area (Å²) in [6.45, 7) is 3.74. The van der Waals surface area contributed by atoms with E-state index in [0.29, 0.717) is 6.42 Å². The monoisotopic (exact) mass is 216 g/mol. The van der Waals surface area contributed by atoms with Gasteiger partial charge < -0.3 is 4.74 Å². The molecular formula is C14H16O2.